The maximum absolute atomic E-state index is 13.8. The lowest BCUT2D eigenvalue weighted by Crippen LogP contribution is -2.30. The summed E-state index contributed by atoms with van der Waals surface area (Å²) in [6, 6.07) is 12.3. The van der Waals surface area contributed by atoms with Crippen LogP contribution in [-0.2, 0) is 11.2 Å². The average molecular weight is 462 g/mol. The molecule has 7 nitrogen and oxygen atoms in total. The molecule has 1 heterocycles. The molecule has 1 aliphatic heterocycles. The van der Waals surface area contributed by atoms with E-state index in [9.17, 15) is 14.4 Å². The van der Waals surface area contributed by atoms with E-state index >= 15 is 0 Å². The summed E-state index contributed by atoms with van der Waals surface area (Å²) in [6.07, 6.45) is 1.42. The molecular formula is C27H27NO6. The fourth-order valence-corrected chi connectivity index (χ4v) is 4.27. The minimum absolute atomic E-state index is 0.138. The van der Waals surface area contributed by atoms with Gasteiger partial charge < -0.3 is 14.6 Å². The van der Waals surface area contributed by atoms with Gasteiger partial charge in [0.1, 0.15) is 11.5 Å². The highest BCUT2D eigenvalue weighted by molar-refractivity contribution is 6.39. The maximum Gasteiger partial charge on any atom is 0.307 e. The lowest BCUT2D eigenvalue weighted by Gasteiger charge is -2.17. The summed E-state index contributed by atoms with van der Waals surface area (Å²) in [4.78, 5) is 39.7. The topological polar surface area (TPSA) is 93.1 Å². The molecule has 3 aromatic carbocycles. The quantitative estimate of drug-likeness (QED) is 0.443. The van der Waals surface area contributed by atoms with E-state index in [0.717, 1.165) is 23.1 Å². The van der Waals surface area contributed by atoms with Crippen molar-refractivity contribution in [3.8, 4) is 11.5 Å². The first-order chi connectivity index (χ1) is 16.4. The standard InChI is InChI=1S/C27H27NO6/c1-4-11-33-20-8-6-7-18-15-21(34-12-5-2)24-25(23(18)20)27(32)28(26(24)31)19-10-9-17(13-16(19)3)14-22(29)30/h6-10,13,15H,4-5,11-12,14H2,1-3H3,(H,29,30). The molecule has 7 heteroatoms. The van der Waals surface area contributed by atoms with Crippen molar-refractivity contribution in [1.82, 2.24) is 0 Å². The van der Waals surface area contributed by atoms with Gasteiger partial charge in [-0.05, 0) is 54.5 Å². The third kappa shape index (κ3) is 4.09. The van der Waals surface area contributed by atoms with Crippen LogP contribution in [0.4, 0.5) is 5.69 Å². The molecule has 4 rings (SSSR count). The summed E-state index contributed by atoms with van der Waals surface area (Å²) in [5.74, 6) is -0.940. The predicted molar refractivity (Wildman–Crippen MR) is 129 cm³/mol. The van der Waals surface area contributed by atoms with E-state index < -0.39 is 17.8 Å². The van der Waals surface area contributed by atoms with Crippen LogP contribution in [0.25, 0.3) is 10.8 Å². The number of amides is 2. The number of aryl methyl sites for hydroxylation is 1. The minimum atomic E-state index is -0.948. The van der Waals surface area contributed by atoms with E-state index in [-0.39, 0.29) is 17.5 Å². The number of benzene rings is 3. The second kappa shape index (κ2) is 9.55. The molecule has 0 aromatic heterocycles. The van der Waals surface area contributed by atoms with Crippen LogP contribution >= 0.6 is 0 Å². The van der Waals surface area contributed by atoms with E-state index in [0.29, 0.717) is 46.9 Å². The van der Waals surface area contributed by atoms with Crippen LogP contribution in [0.2, 0.25) is 0 Å². The molecular weight excluding hydrogens is 434 g/mol. The zero-order chi connectivity index (χ0) is 24.4. The molecule has 176 valence electrons. The molecule has 0 unspecified atom stereocenters. The fraction of sp³-hybridized carbons (Fsp3) is 0.296. The molecule has 0 saturated heterocycles. The first-order valence-corrected chi connectivity index (χ1v) is 11.4. The van der Waals surface area contributed by atoms with Gasteiger partial charge in [0, 0.05) is 5.39 Å². The summed E-state index contributed by atoms with van der Waals surface area (Å²) >= 11 is 0. The van der Waals surface area contributed by atoms with E-state index in [1.165, 1.54) is 0 Å². The van der Waals surface area contributed by atoms with Gasteiger partial charge in [-0.3, -0.25) is 14.4 Å². The first-order valence-electron chi connectivity index (χ1n) is 11.4. The number of nitrogens with zero attached hydrogens (tertiary/aromatic N) is 1. The Kier molecular flexibility index (Phi) is 6.54. The molecule has 0 bridgehead atoms. The summed E-state index contributed by atoms with van der Waals surface area (Å²) in [6.45, 7) is 6.62. The number of carboxylic acids is 1. The van der Waals surface area contributed by atoms with Crippen LogP contribution in [0.5, 0.6) is 11.5 Å². The number of carbonyl (C=O) groups excluding carboxylic acids is 2. The highest BCUT2D eigenvalue weighted by Gasteiger charge is 2.42. The molecule has 3 aromatic rings. The molecule has 1 aliphatic rings. The highest BCUT2D eigenvalue weighted by atomic mass is 16.5. The summed E-state index contributed by atoms with van der Waals surface area (Å²) in [7, 11) is 0. The van der Waals surface area contributed by atoms with Gasteiger partial charge in [0.05, 0.1) is 36.4 Å². The van der Waals surface area contributed by atoms with Crippen LogP contribution in [0, 0.1) is 6.92 Å². The van der Waals surface area contributed by atoms with Crippen molar-refractivity contribution in [3.63, 3.8) is 0 Å². The number of anilines is 1. The Morgan fingerprint density at radius 1 is 0.912 bits per heavy atom. The van der Waals surface area contributed by atoms with E-state index in [4.69, 9.17) is 14.6 Å². The monoisotopic (exact) mass is 461 g/mol. The van der Waals surface area contributed by atoms with Crippen molar-refractivity contribution in [3.05, 3.63) is 64.7 Å². The van der Waals surface area contributed by atoms with E-state index in [1.54, 1.807) is 37.3 Å². The summed E-state index contributed by atoms with van der Waals surface area (Å²) < 4.78 is 11.9. The second-order valence-electron chi connectivity index (χ2n) is 8.31. The van der Waals surface area contributed by atoms with Crippen LogP contribution in [-0.4, -0.2) is 36.1 Å². The SMILES string of the molecule is CCCOc1cc2cccc(OCCC)c2c2c1C(=O)N(c1ccc(CC(=O)O)cc1C)C2=O. The summed E-state index contributed by atoms with van der Waals surface area (Å²) in [5.41, 5.74) is 2.15. The van der Waals surface area contributed by atoms with Crippen molar-refractivity contribution >= 4 is 34.2 Å². The van der Waals surface area contributed by atoms with Gasteiger partial charge in [-0.1, -0.05) is 38.1 Å². The number of aliphatic carboxylic acids is 1. The molecule has 0 spiro atoms. The van der Waals surface area contributed by atoms with Gasteiger partial charge in [0.25, 0.3) is 11.8 Å². The number of carbonyl (C=O) groups is 3. The smallest absolute Gasteiger partial charge is 0.307 e. The molecule has 0 aliphatic carbocycles. The number of hydrogen-bond acceptors (Lipinski definition) is 5. The molecule has 2 amide bonds. The number of rotatable bonds is 9. The minimum Gasteiger partial charge on any atom is -0.493 e. The van der Waals surface area contributed by atoms with Crippen LogP contribution in [0.3, 0.4) is 0 Å². The van der Waals surface area contributed by atoms with Gasteiger partial charge in [-0.25, -0.2) is 4.90 Å². The maximum atomic E-state index is 13.8. The van der Waals surface area contributed by atoms with E-state index in [2.05, 4.69) is 0 Å². The van der Waals surface area contributed by atoms with Gasteiger partial charge >= 0.3 is 5.97 Å². The molecule has 34 heavy (non-hydrogen) atoms. The third-order valence-corrected chi connectivity index (χ3v) is 5.71. The van der Waals surface area contributed by atoms with Crippen molar-refractivity contribution in [2.24, 2.45) is 0 Å². The van der Waals surface area contributed by atoms with Gasteiger partial charge in [-0.15, -0.1) is 0 Å². The van der Waals surface area contributed by atoms with Crippen LogP contribution in [0.15, 0.2) is 42.5 Å². The number of imide groups is 1. The number of ether oxygens (including phenoxy) is 2. The Labute approximate surface area is 197 Å². The number of carboxylic acid groups (broad SMARTS) is 1. The van der Waals surface area contributed by atoms with E-state index in [1.807, 2.05) is 26.0 Å². The molecule has 0 fully saturated rings. The van der Waals surface area contributed by atoms with Crippen molar-refractivity contribution < 1.29 is 29.0 Å². The normalized spacial score (nSPS) is 12.9. The molecule has 0 atom stereocenters. The fourth-order valence-electron chi connectivity index (χ4n) is 4.27. The zero-order valence-corrected chi connectivity index (χ0v) is 19.5. The van der Waals surface area contributed by atoms with Crippen molar-refractivity contribution in [1.29, 1.82) is 0 Å². The number of fused-ring (bicyclic) bond motifs is 3. The molecule has 0 radical (unpaired) electrons. The van der Waals surface area contributed by atoms with Crippen LogP contribution in [0.1, 0.15) is 58.5 Å². The Morgan fingerprint density at radius 3 is 2.24 bits per heavy atom. The number of hydrogen-bond donors (Lipinski definition) is 1. The zero-order valence-electron chi connectivity index (χ0n) is 19.5. The lowest BCUT2D eigenvalue weighted by molar-refractivity contribution is -0.136. The second-order valence-corrected chi connectivity index (χ2v) is 8.31. The summed E-state index contributed by atoms with van der Waals surface area (Å²) in [5, 5.41) is 10.4. The highest BCUT2D eigenvalue weighted by Crippen LogP contribution is 2.43. The molecule has 1 N–H and O–H groups in total. The van der Waals surface area contributed by atoms with Crippen molar-refractivity contribution in [2.75, 3.05) is 18.1 Å². The van der Waals surface area contributed by atoms with Gasteiger partial charge in [-0.2, -0.15) is 0 Å². The van der Waals surface area contributed by atoms with Gasteiger partial charge in [0.15, 0.2) is 0 Å². The Bertz CT molecular complexity index is 1300. The Morgan fingerprint density at radius 2 is 1.59 bits per heavy atom. The third-order valence-electron chi connectivity index (χ3n) is 5.71. The largest absolute Gasteiger partial charge is 0.493 e. The lowest BCUT2D eigenvalue weighted by atomic mass is 9.98. The average Bonchev–Trinajstić information content (AvgIpc) is 3.06. The van der Waals surface area contributed by atoms with Crippen molar-refractivity contribution in [2.45, 2.75) is 40.0 Å². The Hall–Kier alpha value is -3.87. The van der Waals surface area contributed by atoms with Crippen LogP contribution < -0.4 is 14.4 Å². The first kappa shape index (κ1) is 23.3. The molecule has 0 saturated carbocycles. The van der Waals surface area contributed by atoms with Gasteiger partial charge in [0.2, 0.25) is 0 Å². The Balaban J connectivity index is 1.89. The predicted octanol–water partition coefficient (Wildman–Crippen LogP) is 5.15.